The minimum atomic E-state index is 1.14. The van der Waals surface area contributed by atoms with Crippen LogP contribution in [0.4, 0.5) is 0 Å². The van der Waals surface area contributed by atoms with Crippen LogP contribution in [0.15, 0.2) is 231 Å². The van der Waals surface area contributed by atoms with Crippen LogP contribution in [-0.4, -0.2) is 18.3 Å². The maximum absolute atomic E-state index is 2.47. The van der Waals surface area contributed by atoms with Crippen LogP contribution in [0.5, 0.6) is 0 Å². The van der Waals surface area contributed by atoms with Gasteiger partial charge in [-0.2, -0.15) is 0 Å². The highest BCUT2D eigenvalue weighted by Gasteiger charge is 2.22. The summed E-state index contributed by atoms with van der Waals surface area (Å²) in [5.41, 5.74) is 16.6. The number of hydrogen-bond donors (Lipinski definition) is 0. The molecule has 0 atom stereocenters. The van der Waals surface area contributed by atoms with Crippen molar-refractivity contribution in [2.24, 2.45) is 0 Å². The van der Waals surface area contributed by atoms with E-state index >= 15 is 0 Å². The molecule has 0 unspecified atom stereocenters. The number of aromatic nitrogens is 4. The molecule has 4 heterocycles. The third kappa shape index (κ3) is 4.93. The summed E-state index contributed by atoms with van der Waals surface area (Å²) in [5, 5.41) is 10.0. The Hall–Kier alpha value is -8.60. The SMILES string of the molecule is c1ccc(-n2c3ccccc3c3cc4c(cc32)c2ccccc2n4-c2ccc(-c3ccc(-n4c5ccccc5c5ccc6c(c7ccccc7n6-c6ccccc6)c54)cc3)cc2)cc1. The topological polar surface area (TPSA) is 19.7 Å². The molecule has 0 bridgehead atoms. The summed E-state index contributed by atoms with van der Waals surface area (Å²) >= 11 is 0. The smallest absolute Gasteiger partial charge is 0.0641 e. The second kappa shape index (κ2) is 13.4. The van der Waals surface area contributed by atoms with Gasteiger partial charge in [-0.15, -0.1) is 0 Å². The monoisotopic (exact) mass is 814 g/mol. The van der Waals surface area contributed by atoms with Crippen molar-refractivity contribution in [1.29, 1.82) is 0 Å². The van der Waals surface area contributed by atoms with E-state index in [1.54, 1.807) is 0 Å². The first kappa shape index (κ1) is 35.0. The highest BCUT2D eigenvalue weighted by atomic mass is 15.0. The molecule has 0 saturated heterocycles. The summed E-state index contributed by atoms with van der Waals surface area (Å²) in [4.78, 5) is 0. The Labute approximate surface area is 368 Å². The molecule has 0 aliphatic rings. The summed E-state index contributed by atoms with van der Waals surface area (Å²) in [6, 6.07) is 84.3. The Balaban J connectivity index is 0.900. The Morgan fingerprint density at radius 3 is 1.06 bits per heavy atom. The first-order valence-electron chi connectivity index (χ1n) is 22.0. The second-order valence-corrected chi connectivity index (χ2v) is 16.9. The standard InChI is InChI=1S/C60H38N4/c1-3-15-41(16-4-1)61-55-26-14-10-22-49(55)59-56(61)36-35-48-45-19-7-13-25-54(45)64(60(48)59)44-33-29-40(30-34-44)39-27-31-43(32-28-39)63-53-24-12-9-21-47(53)51-37-57-50(38-58(51)63)46-20-8-11-23-52(46)62(57)42-17-5-2-6-18-42/h1-38H. The van der Waals surface area contributed by atoms with Crippen LogP contribution < -0.4 is 0 Å². The molecule has 10 aromatic carbocycles. The Kier molecular flexibility index (Phi) is 7.36. The second-order valence-electron chi connectivity index (χ2n) is 16.9. The van der Waals surface area contributed by atoms with E-state index in [0.717, 1.165) is 17.1 Å². The van der Waals surface area contributed by atoms with Crippen molar-refractivity contribution in [1.82, 2.24) is 18.3 Å². The van der Waals surface area contributed by atoms with E-state index in [9.17, 15) is 0 Å². The van der Waals surface area contributed by atoms with Gasteiger partial charge in [0.25, 0.3) is 0 Å². The molecule has 4 nitrogen and oxygen atoms in total. The molecule has 0 aliphatic carbocycles. The molecule has 0 fully saturated rings. The average Bonchev–Trinajstić information content (AvgIpc) is 4.09. The largest absolute Gasteiger partial charge is 0.309 e. The average molecular weight is 815 g/mol. The zero-order valence-corrected chi connectivity index (χ0v) is 34.7. The third-order valence-corrected chi connectivity index (χ3v) is 13.5. The Morgan fingerprint density at radius 1 is 0.203 bits per heavy atom. The molecular weight excluding hydrogens is 777 g/mol. The van der Waals surface area contributed by atoms with E-state index < -0.39 is 0 Å². The van der Waals surface area contributed by atoms with Gasteiger partial charge in [-0.25, -0.2) is 0 Å². The van der Waals surface area contributed by atoms with Gasteiger partial charge in [0, 0.05) is 65.8 Å². The minimum absolute atomic E-state index is 1.14. The van der Waals surface area contributed by atoms with Gasteiger partial charge in [-0.05, 0) is 102 Å². The maximum atomic E-state index is 2.47. The maximum Gasteiger partial charge on any atom is 0.0641 e. The summed E-state index contributed by atoms with van der Waals surface area (Å²) < 4.78 is 9.72. The van der Waals surface area contributed by atoms with Gasteiger partial charge in [0.1, 0.15) is 0 Å². The number of nitrogens with zero attached hydrogens (tertiary/aromatic N) is 4. The third-order valence-electron chi connectivity index (χ3n) is 13.5. The number of para-hydroxylation sites is 6. The summed E-state index contributed by atoms with van der Waals surface area (Å²) in [6.07, 6.45) is 0. The van der Waals surface area contributed by atoms with Crippen molar-refractivity contribution < 1.29 is 0 Å². The normalized spacial score (nSPS) is 12.1. The molecule has 4 heteroatoms. The lowest BCUT2D eigenvalue weighted by atomic mass is 10.0. The molecule has 0 N–H and O–H groups in total. The van der Waals surface area contributed by atoms with Crippen LogP contribution in [0.25, 0.3) is 121 Å². The van der Waals surface area contributed by atoms with Gasteiger partial charge in [0.05, 0.1) is 44.1 Å². The van der Waals surface area contributed by atoms with E-state index in [-0.39, 0.29) is 0 Å². The van der Waals surface area contributed by atoms with Gasteiger partial charge in [0.2, 0.25) is 0 Å². The Bertz CT molecular complexity index is 4150. The summed E-state index contributed by atoms with van der Waals surface area (Å²) in [5.74, 6) is 0. The van der Waals surface area contributed by atoms with Crippen LogP contribution >= 0.6 is 0 Å². The molecule has 0 saturated carbocycles. The fourth-order valence-corrected chi connectivity index (χ4v) is 10.8. The fourth-order valence-electron chi connectivity index (χ4n) is 10.8. The van der Waals surface area contributed by atoms with Crippen LogP contribution in [0, 0.1) is 0 Å². The Morgan fingerprint density at radius 2 is 0.562 bits per heavy atom. The molecule has 0 aliphatic heterocycles. The number of fused-ring (bicyclic) bond motifs is 13. The molecule has 14 aromatic rings. The van der Waals surface area contributed by atoms with Crippen molar-refractivity contribution in [2.45, 2.75) is 0 Å². The number of benzene rings is 10. The first-order valence-corrected chi connectivity index (χ1v) is 22.0. The number of rotatable bonds is 5. The molecule has 0 amide bonds. The molecular formula is C60H38N4. The first-order chi connectivity index (χ1) is 31.8. The molecule has 0 spiro atoms. The predicted molar refractivity (Wildman–Crippen MR) is 269 cm³/mol. The molecule has 0 radical (unpaired) electrons. The van der Waals surface area contributed by atoms with Crippen molar-refractivity contribution in [3.05, 3.63) is 231 Å². The van der Waals surface area contributed by atoms with Gasteiger partial charge in [-0.1, -0.05) is 140 Å². The lowest BCUT2D eigenvalue weighted by Gasteiger charge is -2.12. The molecule has 4 aromatic heterocycles. The van der Waals surface area contributed by atoms with Crippen molar-refractivity contribution in [3.8, 4) is 33.9 Å². The van der Waals surface area contributed by atoms with E-state index in [4.69, 9.17) is 0 Å². The quantitative estimate of drug-likeness (QED) is 0.165. The van der Waals surface area contributed by atoms with Crippen LogP contribution in [-0.2, 0) is 0 Å². The highest BCUT2D eigenvalue weighted by Crippen LogP contribution is 2.43. The van der Waals surface area contributed by atoms with E-state index in [1.165, 1.54) is 104 Å². The predicted octanol–water partition coefficient (Wildman–Crippen LogP) is 15.7. The summed E-state index contributed by atoms with van der Waals surface area (Å²) in [6.45, 7) is 0. The van der Waals surface area contributed by atoms with Crippen molar-refractivity contribution in [2.75, 3.05) is 0 Å². The van der Waals surface area contributed by atoms with Gasteiger partial charge in [0.15, 0.2) is 0 Å². The van der Waals surface area contributed by atoms with Gasteiger partial charge in [-0.3, -0.25) is 0 Å². The van der Waals surface area contributed by atoms with Crippen LogP contribution in [0.1, 0.15) is 0 Å². The molecule has 298 valence electrons. The van der Waals surface area contributed by atoms with Crippen LogP contribution in [0.2, 0.25) is 0 Å². The highest BCUT2D eigenvalue weighted by molar-refractivity contribution is 6.26. The minimum Gasteiger partial charge on any atom is -0.309 e. The number of hydrogen-bond acceptors (Lipinski definition) is 0. The van der Waals surface area contributed by atoms with E-state index in [1.807, 2.05) is 0 Å². The van der Waals surface area contributed by atoms with Gasteiger partial charge >= 0.3 is 0 Å². The van der Waals surface area contributed by atoms with E-state index in [2.05, 4.69) is 249 Å². The fraction of sp³-hybridized carbons (Fsp3) is 0. The lowest BCUT2D eigenvalue weighted by molar-refractivity contribution is 1.17. The van der Waals surface area contributed by atoms with E-state index in [0.29, 0.717) is 0 Å². The lowest BCUT2D eigenvalue weighted by Crippen LogP contribution is -1.96. The molecule has 64 heavy (non-hydrogen) atoms. The van der Waals surface area contributed by atoms with Crippen molar-refractivity contribution in [3.63, 3.8) is 0 Å². The van der Waals surface area contributed by atoms with Crippen LogP contribution in [0.3, 0.4) is 0 Å². The zero-order chi connectivity index (χ0) is 41.9. The molecule has 14 rings (SSSR count). The zero-order valence-electron chi connectivity index (χ0n) is 34.7. The van der Waals surface area contributed by atoms with Crippen molar-refractivity contribution >= 4 is 87.2 Å². The van der Waals surface area contributed by atoms with Gasteiger partial charge < -0.3 is 18.3 Å². The summed E-state index contributed by atoms with van der Waals surface area (Å²) in [7, 11) is 0.